The minimum atomic E-state index is -0.398. The van der Waals surface area contributed by atoms with Crippen molar-refractivity contribution in [1.29, 1.82) is 0 Å². The molecule has 7 heteroatoms. The Kier molecular flexibility index (Phi) is 7.42. The average Bonchev–Trinajstić information content (AvgIpc) is 2.53. The smallest absolute Gasteiger partial charge is 0.317 e. The third-order valence-corrected chi connectivity index (χ3v) is 4.87. The van der Waals surface area contributed by atoms with Gasteiger partial charge in [-0.25, -0.2) is 4.79 Å². The Labute approximate surface area is 139 Å². The van der Waals surface area contributed by atoms with E-state index >= 15 is 0 Å². The van der Waals surface area contributed by atoms with Crippen LogP contribution < -0.4 is 11.1 Å². The fourth-order valence-corrected chi connectivity index (χ4v) is 3.10. The van der Waals surface area contributed by atoms with Crippen LogP contribution in [0.2, 0.25) is 0 Å². The van der Waals surface area contributed by atoms with Crippen LogP contribution in [0, 0.1) is 5.92 Å². The summed E-state index contributed by atoms with van der Waals surface area (Å²) < 4.78 is 0. The largest absolute Gasteiger partial charge is 0.341 e. The minimum Gasteiger partial charge on any atom is -0.341 e. The van der Waals surface area contributed by atoms with E-state index in [1.807, 2.05) is 16.7 Å². The fraction of sp³-hybridized carbons (Fsp3) is 0.867. The van der Waals surface area contributed by atoms with E-state index in [9.17, 15) is 9.59 Å². The zero-order valence-corrected chi connectivity index (χ0v) is 14.4. The molecular formula is C15H29ClN4O2. The molecule has 2 aliphatic heterocycles. The summed E-state index contributed by atoms with van der Waals surface area (Å²) in [5, 5.41) is 2.89. The van der Waals surface area contributed by atoms with Crippen LogP contribution in [0.5, 0.6) is 0 Å². The van der Waals surface area contributed by atoms with Gasteiger partial charge >= 0.3 is 6.03 Å². The maximum Gasteiger partial charge on any atom is 0.317 e. The van der Waals surface area contributed by atoms with Crippen molar-refractivity contribution in [1.82, 2.24) is 15.1 Å². The molecule has 3 amide bonds. The Balaban J connectivity index is 0.00000242. The van der Waals surface area contributed by atoms with E-state index in [-0.39, 0.29) is 36.3 Å². The highest BCUT2D eigenvalue weighted by Gasteiger charge is 2.32. The van der Waals surface area contributed by atoms with Gasteiger partial charge in [-0.1, -0.05) is 20.3 Å². The van der Waals surface area contributed by atoms with E-state index in [4.69, 9.17) is 5.73 Å². The number of nitrogens with one attached hydrogen (secondary N) is 1. The zero-order chi connectivity index (χ0) is 15.4. The molecule has 0 bridgehead atoms. The van der Waals surface area contributed by atoms with Crippen LogP contribution in [0.15, 0.2) is 0 Å². The first-order valence-electron chi connectivity index (χ1n) is 8.13. The zero-order valence-electron chi connectivity index (χ0n) is 13.6. The molecular weight excluding hydrogens is 304 g/mol. The Hall–Kier alpha value is -1.01. The SMILES string of the molecule is CCC(C)C(N)C(=O)N1CCC(N2CCCNC2=O)CC1.Cl. The number of urea groups is 1. The lowest BCUT2D eigenvalue weighted by Crippen LogP contribution is -2.56. The van der Waals surface area contributed by atoms with Crippen molar-refractivity contribution >= 4 is 24.3 Å². The maximum atomic E-state index is 12.4. The Morgan fingerprint density at radius 1 is 1.36 bits per heavy atom. The van der Waals surface area contributed by atoms with Crippen molar-refractivity contribution in [3.8, 4) is 0 Å². The molecule has 2 fully saturated rings. The van der Waals surface area contributed by atoms with E-state index < -0.39 is 6.04 Å². The van der Waals surface area contributed by atoms with Gasteiger partial charge in [0.2, 0.25) is 5.91 Å². The predicted molar refractivity (Wildman–Crippen MR) is 89.0 cm³/mol. The molecule has 6 nitrogen and oxygen atoms in total. The van der Waals surface area contributed by atoms with Gasteiger partial charge in [0.1, 0.15) is 0 Å². The Morgan fingerprint density at radius 2 is 2.00 bits per heavy atom. The van der Waals surface area contributed by atoms with Gasteiger partial charge in [-0.15, -0.1) is 12.4 Å². The van der Waals surface area contributed by atoms with Gasteiger partial charge < -0.3 is 20.9 Å². The van der Waals surface area contributed by atoms with Gasteiger partial charge in [-0.05, 0) is 25.2 Å². The third kappa shape index (κ3) is 4.26. The molecule has 2 aliphatic rings. The van der Waals surface area contributed by atoms with E-state index in [0.717, 1.165) is 38.8 Å². The molecule has 2 saturated heterocycles. The second-order valence-corrected chi connectivity index (χ2v) is 6.25. The van der Waals surface area contributed by atoms with E-state index in [1.165, 1.54) is 0 Å². The molecule has 0 aromatic carbocycles. The highest BCUT2D eigenvalue weighted by molar-refractivity contribution is 5.85. The highest BCUT2D eigenvalue weighted by Crippen LogP contribution is 2.20. The third-order valence-electron chi connectivity index (χ3n) is 4.87. The molecule has 0 radical (unpaired) electrons. The van der Waals surface area contributed by atoms with E-state index in [0.29, 0.717) is 13.1 Å². The maximum absolute atomic E-state index is 12.4. The number of nitrogens with zero attached hydrogens (tertiary/aromatic N) is 2. The van der Waals surface area contributed by atoms with Crippen LogP contribution in [0.25, 0.3) is 0 Å². The summed E-state index contributed by atoms with van der Waals surface area (Å²) in [6, 6.07) is -0.0960. The summed E-state index contributed by atoms with van der Waals surface area (Å²) in [4.78, 5) is 28.0. The number of hydrogen-bond donors (Lipinski definition) is 2. The lowest BCUT2D eigenvalue weighted by molar-refractivity contribution is -0.135. The summed E-state index contributed by atoms with van der Waals surface area (Å²) >= 11 is 0. The standard InChI is InChI=1S/C15H28N4O2.ClH/c1-3-11(2)13(16)14(20)18-9-5-12(6-10-18)19-8-4-7-17-15(19)21;/h11-13H,3-10,16H2,1-2H3,(H,17,21);1H. The molecule has 0 aliphatic carbocycles. The first kappa shape index (κ1) is 19.0. The van der Waals surface area contributed by atoms with Crippen LogP contribution in [0.3, 0.4) is 0 Å². The monoisotopic (exact) mass is 332 g/mol. The number of carbonyl (C=O) groups excluding carboxylic acids is 2. The van der Waals surface area contributed by atoms with Gasteiger partial charge in [0.05, 0.1) is 6.04 Å². The molecule has 0 saturated carbocycles. The molecule has 2 heterocycles. The number of hydrogen-bond acceptors (Lipinski definition) is 3. The lowest BCUT2D eigenvalue weighted by atomic mass is 9.96. The molecule has 0 spiro atoms. The molecule has 2 unspecified atom stereocenters. The summed E-state index contributed by atoms with van der Waals surface area (Å²) in [5.74, 6) is 0.272. The topological polar surface area (TPSA) is 78.7 Å². The molecule has 0 aromatic heterocycles. The van der Waals surface area contributed by atoms with Crippen molar-refractivity contribution in [3.63, 3.8) is 0 Å². The minimum absolute atomic E-state index is 0. The summed E-state index contributed by atoms with van der Waals surface area (Å²) in [7, 11) is 0. The van der Waals surface area contributed by atoms with Crippen molar-refractivity contribution in [2.45, 2.75) is 51.6 Å². The van der Waals surface area contributed by atoms with Gasteiger partial charge in [-0.3, -0.25) is 4.79 Å². The van der Waals surface area contributed by atoms with Crippen molar-refractivity contribution in [2.24, 2.45) is 11.7 Å². The number of rotatable bonds is 4. The number of nitrogens with two attached hydrogens (primary N) is 1. The molecule has 2 atom stereocenters. The predicted octanol–water partition coefficient (Wildman–Crippen LogP) is 1.19. The molecule has 2 rings (SSSR count). The first-order chi connectivity index (χ1) is 10.0. The quantitative estimate of drug-likeness (QED) is 0.811. The fourth-order valence-electron chi connectivity index (χ4n) is 3.10. The number of halogens is 1. The van der Waals surface area contributed by atoms with Gasteiger partial charge in [0.15, 0.2) is 0 Å². The van der Waals surface area contributed by atoms with Crippen LogP contribution in [-0.4, -0.2) is 60.0 Å². The van der Waals surface area contributed by atoms with Crippen LogP contribution in [0.4, 0.5) is 4.79 Å². The number of carbonyl (C=O) groups is 2. The summed E-state index contributed by atoms with van der Waals surface area (Å²) in [6.07, 6.45) is 3.62. The lowest BCUT2D eigenvalue weighted by Gasteiger charge is -2.41. The van der Waals surface area contributed by atoms with Crippen molar-refractivity contribution in [2.75, 3.05) is 26.2 Å². The molecule has 22 heavy (non-hydrogen) atoms. The normalized spacial score (nSPS) is 22.6. The number of likely N-dealkylation sites (tertiary alicyclic amines) is 1. The van der Waals surface area contributed by atoms with Crippen molar-refractivity contribution < 1.29 is 9.59 Å². The van der Waals surface area contributed by atoms with Crippen LogP contribution in [-0.2, 0) is 4.79 Å². The molecule has 0 aromatic rings. The number of amides is 3. The second kappa shape index (κ2) is 8.58. The second-order valence-electron chi connectivity index (χ2n) is 6.25. The highest BCUT2D eigenvalue weighted by atomic mass is 35.5. The van der Waals surface area contributed by atoms with Crippen molar-refractivity contribution in [3.05, 3.63) is 0 Å². The first-order valence-corrected chi connectivity index (χ1v) is 8.13. The summed E-state index contributed by atoms with van der Waals surface area (Å²) in [5.41, 5.74) is 6.04. The molecule has 3 N–H and O–H groups in total. The molecule has 128 valence electrons. The van der Waals surface area contributed by atoms with Crippen LogP contribution in [0.1, 0.15) is 39.5 Å². The van der Waals surface area contributed by atoms with Gasteiger partial charge in [-0.2, -0.15) is 0 Å². The van der Waals surface area contributed by atoms with E-state index in [2.05, 4.69) is 12.2 Å². The van der Waals surface area contributed by atoms with Gasteiger partial charge in [0.25, 0.3) is 0 Å². The van der Waals surface area contributed by atoms with Gasteiger partial charge in [0, 0.05) is 32.2 Å². The summed E-state index contributed by atoms with van der Waals surface area (Å²) in [6.45, 7) is 7.09. The van der Waals surface area contributed by atoms with Crippen LogP contribution >= 0.6 is 12.4 Å². The van der Waals surface area contributed by atoms with E-state index in [1.54, 1.807) is 0 Å². The average molecular weight is 333 g/mol. The number of piperidine rings is 1. The Morgan fingerprint density at radius 3 is 2.55 bits per heavy atom. The Bertz CT molecular complexity index is 386.